The van der Waals surface area contributed by atoms with E-state index in [1.54, 1.807) is 0 Å². The van der Waals surface area contributed by atoms with Crippen molar-refractivity contribution in [3.05, 3.63) is 35.4 Å². The maximum absolute atomic E-state index is 11.9. The second-order valence-corrected chi connectivity index (χ2v) is 6.71. The molecule has 0 N–H and O–H groups in total. The van der Waals surface area contributed by atoms with Crippen molar-refractivity contribution >= 4 is 13.8 Å². The molecule has 1 aromatic rings. The molecule has 0 saturated carbocycles. The first-order chi connectivity index (χ1) is 9.81. The summed E-state index contributed by atoms with van der Waals surface area (Å²) in [6.07, 6.45) is 3.53. The third kappa shape index (κ3) is 4.62. The molecule has 0 aliphatic heterocycles. The van der Waals surface area contributed by atoms with Gasteiger partial charge in [-0.15, -0.1) is 0 Å². The molecule has 0 aromatic heterocycles. The molecule has 0 heterocycles. The van der Waals surface area contributed by atoms with Crippen LogP contribution in [0.5, 0.6) is 0 Å². The lowest BCUT2D eigenvalue weighted by Crippen LogP contribution is -2.28. The van der Waals surface area contributed by atoms with Gasteiger partial charge in [0.1, 0.15) is 7.85 Å². The number of carbonyl (C=O) groups excluding carboxylic acids is 1. The fourth-order valence-electron chi connectivity index (χ4n) is 2.58. The van der Waals surface area contributed by atoms with Gasteiger partial charge in [-0.05, 0) is 49.3 Å². The molecule has 0 aliphatic carbocycles. The summed E-state index contributed by atoms with van der Waals surface area (Å²) >= 11 is 0. The summed E-state index contributed by atoms with van der Waals surface area (Å²) in [6.45, 7) is 10.6. The van der Waals surface area contributed by atoms with E-state index in [1.807, 2.05) is 26.0 Å². The lowest BCUT2D eigenvalue weighted by Gasteiger charge is -2.35. The number of ether oxygens (including phenoxy) is 1. The average Bonchev–Trinajstić information content (AvgIpc) is 2.44. The summed E-state index contributed by atoms with van der Waals surface area (Å²) in [6, 6.07) is 7.97. The third-order valence-electron chi connectivity index (χ3n) is 4.45. The molecule has 1 unspecified atom stereocenters. The molecule has 0 radical (unpaired) electrons. The van der Waals surface area contributed by atoms with Gasteiger partial charge in [-0.25, -0.2) is 4.79 Å². The molecule has 1 atom stereocenters. The number of hydrogen-bond acceptors (Lipinski definition) is 2. The monoisotopic (exact) mass is 288 g/mol. The highest BCUT2D eigenvalue weighted by atomic mass is 16.5. The van der Waals surface area contributed by atoms with Crippen LogP contribution in [-0.4, -0.2) is 19.9 Å². The van der Waals surface area contributed by atoms with Crippen molar-refractivity contribution in [3.63, 3.8) is 0 Å². The van der Waals surface area contributed by atoms with Gasteiger partial charge in [-0.3, -0.25) is 0 Å². The largest absolute Gasteiger partial charge is 0.459 e. The van der Waals surface area contributed by atoms with Gasteiger partial charge in [0.15, 0.2) is 0 Å². The zero-order chi connectivity index (χ0) is 16.0. The third-order valence-corrected chi connectivity index (χ3v) is 4.45. The van der Waals surface area contributed by atoms with Crippen molar-refractivity contribution in [2.24, 2.45) is 5.92 Å². The first-order valence-corrected chi connectivity index (χ1v) is 8.12. The summed E-state index contributed by atoms with van der Waals surface area (Å²) in [5.41, 5.74) is 2.11. The van der Waals surface area contributed by atoms with Gasteiger partial charge in [-0.1, -0.05) is 45.6 Å². The Hall–Kier alpha value is -1.25. The predicted octanol–water partition coefficient (Wildman–Crippen LogP) is 4.00. The molecule has 1 rings (SSSR count). The van der Waals surface area contributed by atoms with Gasteiger partial charge >= 0.3 is 5.97 Å². The molecule has 0 aliphatic rings. The minimum absolute atomic E-state index is 0.0809. The standard InChI is InChI=1S/C18H29BO2/c1-13(2)18(5,11-6-12-19)16-9-7-15(8-10-16)17(20)21-14(3)4/h7-10,13-14H,6,11-12,19H2,1-5H3. The molecular weight excluding hydrogens is 259 g/mol. The van der Waals surface area contributed by atoms with Gasteiger partial charge in [0.05, 0.1) is 11.7 Å². The molecule has 116 valence electrons. The topological polar surface area (TPSA) is 26.3 Å². The molecule has 0 bridgehead atoms. The molecule has 0 fully saturated rings. The molecule has 0 saturated heterocycles. The summed E-state index contributed by atoms with van der Waals surface area (Å²) < 4.78 is 5.24. The Kier molecular flexibility index (Phi) is 6.51. The van der Waals surface area contributed by atoms with E-state index >= 15 is 0 Å². The van der Waals surface area contributed by atoms with E-state index in [0.29, 0.717) is 11.5 Å². The number of benzene rings is 1. The van der Waals surface area contributed by atoms with Crippen molar-refractivity contribution in [2.75, 3.05) is 0 Å². The summed E-state index contributed by atoms with van der Waals surface area (Å²) in [4.78, 5) is 11.9. The Morgan fingerprint density at radius 3 is 2.19 bits per heavy atom. The Morgan fingerprint density at radius 1 is 1.19 bits per heavy atom. The van der Waals surface area contributed by atoms with Crippen molar-refractivity contribution in [3.8, 4) is 0 Å². The fourth-order valence-corrected chi connectivity index (χ4v) is 2.58. The highest BCUT2D eigenvalue weighted by molar-refractivity contribution is 6.08. The van der Waals surface area contributed by atoms with E-state index in [4.69, 9.17) is 4.74 Å². The van der Waals surface area contributed by atoms with E-state index in [1.165, 1.54) is 24.7 Å². The Bertz CT molecular complexity index is 451. The van der Waals surface area contributed by atoms with Crippen LogP contribution in [0.3, 0.4) is 0 Å². The van der Waals surface area contributed by atoms with Crippen LogP contribution < -0.4 is 0 Å². The molecule has 1 aromatic carbocycles. The lowest BCUT2D eigenvalue weighted by molar-refractivity contribution is 0.0378. The predicted molar refractivity (Wildman–Crippen MR) is 91.8 cm³/mol. The zero-order valence-corrected chi connectivity index (χ0v) is 14.4. The first-order valence-electron chi connectivity index (χ1n) is 8.12. The first kappa shape index (κ1) is 17.8. The van der Waals surface area contributed by atoms with Crippen LogP contribution in [0.25, 0.3) is 0 Å². The minimum Gasteiger partial charge on any atom is -0.459 e. The normalized spacial score (nSPS) is 14.2. The quantitative estimate of drug-likeness (QED) is 0.560. The van der Waals surface area contributed by atoms with Crippen LogP contribution >= 0.6 is 0 Å². The number of esters is 1. The van der Waals surface area contributed by atoms with Crippen molar-refractivity contribution in [1.82, 2.24) is 0 Å². The lowest BCUT2D eigenvalue weighted by atomic mass is 9.69. The molecule has 21 heavy (non-hydrogen) atoms. The van der Waals surface area contributed by atoms with Gasteiger partial charge in [-0.2, -0.15) is 0 Å². The molecular formula is C18H29BO2. The highest BCUT2D eigenvalue weighted by Gasteiger charge is 2.29. The van der Waals surface area contributed by atoms with Gasteiger partial charge in [0, 0.05) is 0 Å². The minimum atomic E-state index is -0.239. The summed E-state index contributed by atoms with van der Waals surface area (Å²) in [5, 5.41) is 0. The van der Waals surface area contributed by atoms with Crippen molar-refractivity contribution in [1.29, 1.82) is 0 Å². The number of rotatable bonds is 7. The van der Waals surface area contributed by atoms with Crippen LogP contribution in [0, 0.1) is 5.92 Å². The van der Waals surface area contributed by atoms with Crippen molar-refractivity contribution < 1.29 is 9.53 Å². The highest BCUT2D eigenvalue weighted by Crippen LogP contribution is 2.37. The maximum atomic E-state index is 11.9. The zero-order valence-electron chi connectivity index (χ0n) is 14.4. The molecule has 2 nitrogen and oxygen atoms in total. The van der Waals surface area contributed by atoms with Gasteiger partial charge < -0.3 is 4.74 Å². The fraction of sp³-hybridized carbons (Fsp3) is 0.611. The van der Waals surface area contributed by atoms with Crippen molar-refractivity contribution in [2.45, 2.75) is 65.3 Å². The van der Waals surface area contributed by atoms with E-state index in [-0.39, 0.29) is 17.5 Å². The van der Waals surface area contributed by atoms with E-state index in [0.717, 1.165) is 0 Å². The molecule has 0 amide bonds. The van der Waals surface area contributed by atoms with Crippen LogP contribution in [0.1, 0.15) is 63.4 Å². The van der Waals surface area contributed by atoms with Crippen LogP contribution in [-0.2, 0) is 10.2 Å². The number of hydrogen-bond donors (Lipinski definition) is 0. The second-order valence-electron chi connectivity index (χ2n) is 6.71. The SMILES string of the molecule is BCCCC(C)(c1ccc(C(=O)OC(C)C)cc1)C(C)C. The molecule has 0 spiro atoms. The van der Waals surface area contributed by atoms with Crippen LogP contribution in [0.15, 0.2) is 24.3 Å². The number of carbonyl (C=O) groups is 1. The second kappa shape index (κ2) is 7.67. The van der Waals surface area contributed by atoms with E-state index < -0.39 is 0 Å². The summed E-state index contributed by atoms with van der Waals surface area (Å²) in [7, 11) is 2.23. The van der Waals surface area contributed by atoms with Crippen LogP contribution in [0.2, 0.25) is 6.32 Å². The Balaban J connectivity index is 2.95. The van der Waals surface area contributed by atoms with Crippen LogP contribution in [0.4, 0.5) is 0 Å². The van der Waals surface area contributed by atoms with Gasteiger partial charge in [0.25, 0.3) is 0 Å². The Morgan fingerprint density at radius 2 is 1.76 bits per heavy atom. The van der Waals surface area contributed by atoms with E-state index in [9.17, 15) is 4.79 Å². The average molecular weight is 288 g/mol. The summed E-state index contributed by atoms with van der Waals surface area (Å²) in [5.74, 6) is 0.328. The maximum Gasteiger partial charge on any atom is 0.338 e. The Labute approximate surface area is 130 Å². The van der Waals surface area contributed by atoms with E-state index in [2.05, 4.69) is 40.8 Å². The smallest absolute Gasteiger partial charge is 0.338 e. The van der Waals surface area contributed by atoms with Gasteiger partial charge in [0.2, 0.25) is 0 Å². The molecule has 3 heteroatoms.